The number of aliphatic hydroxyl groups is 1. The van der Waals surface area contributed by atoms with Gasteiger partial charge in [-0.05, 0) is 37.2 Å². The van der Waals surface area contributed by atoms with Crippen LogP contribution in [0.3, 0.4) is 0 Å². The van der Waals surface area contributed by atoms with Crippen molar-refractivity contribution in [3.63, 3.8) is 0 Å². The molecule has 2 rings (SSSR count). The first kappa shape index (κ1) is 14.1. The van der Waals surface area contributed by atoms with Crippen molar-refractivity contribution in [1.29, 1.82) is 5.26 Å². The van der Waals surface area contributed by atoms with Crippen molar-refractivity contribution in [3.8, 4) is 6.07 Å². The Kier molecular flexibility index (Phi) is 3.96. The Hall–Kier alpha value is -1.33. The summed E-state index contributed by atoms with van der Waals surface area (Å²) in [7, 11) is 0. The van der Waals surface area contributed by atoms with Gasteiger partial charge in [0, 0.05) is 0 Å². The zero-order valence-corrected chi connectivity index (χ0v) is 11.9. The van der Waals surface area contributed by atoms with Gasteiger partial charge in [0.25, 0.3) is 0 Å². The summed E-state index contributed by atoms with van der Waals surface area (Å²) < 4.78 is 0. The first-order valence-electron chi connectivity index (χ1n) is 7.31. The maximum absolute atomic E-state index is 11.2. The van der Waals surface area contributed by atoms with Crippen molar-refractivity contribution < 1.29 is 5.11 Å². The number of hydrogen-bond acceptors (Lipinski definition) is 2. The minimum Gasteiger partial charge on any atom is -0.383 e. The van der Waals surface area contributed by atoms with Gasteiger partial charge in [-0.3, -0.25) is 0 Å². The Labute approximate surface area is 116 Å². The van der Waals surface area contributed by atoms with Gasteiger partial charge in [0.2, 0.25) is 0 Å². The summed E-state index contributed by atoms with van der Waals surface area (Å²) >= 11 is 0. The molecule has 0 radical (unpaired) electrons. The van der Waals surface area contributed by atoms with Crippen molar-refractivity contribution in [2.45, 2.75) is 51.6 Å². The van der Waals surface area contributed by atoms with Crippen molar-refractivity contribution in [1.82, 2.24) is 0 Å². The lowest BCUT2D eigenvalue weighted by Gasteiger charge is -2.40. The van der Waals surface area contributed by atoms with Crippen molar-refractivity contribution >= 4 is 0 Å². The summed E-state index contributed by atoms with van der Waals surface area (Å²) in [4.78, 5) is 0. The van der Waals surface area contributed by atoms with E-state index in [1.165, 1.54) is 0 Å². The highest BCUT2D eigenvalue weighted by atomic mass is 16.3. The van der Waals surface area contributed by atoms with E-state index in [0.29, 0.717) is 12.3 Å². The molecular weight excluding hydrogens is 234 g/mol. The van der Waals surface area contributed by atoms with Crippen LogP contribution < -0.4 is 0 Å². The first-order chi connectivity index (χ1) is 9.12. The second-order valence-corrected chi connectivity index (χ2v) is 5.79. The molecule has 0 saturated heterocycles. The van der Waals surface area contributed by atoms with Crippen LogP contribution in [0.25, 0.3) is 0 Å². The predicted octanol–water partition coefficient (Wildman–Crippen LogP) is 4.00. The Morgan fingerprint density at radius 1 is 1.37 bits per heavy atom. The minimum absolute atomic E-state index is 0.571. The maximum atomic E-state index is 11.2. The molecule has 3 atom stereocenters. The molecule has 0 heterocycles. The first-order valence-corrected chi connectivity index (χ1v) is 7.31. The smallest absolute Gasteiger partial charge is 0.108 e. The van der Waals surface area contributed by atoms with E-state index >= 15 is 0 Å². The van der Waals surface area contributed by atoms with Crippen LogP contribution in [0.4, 0.5) is 0 Å². The molecule has 1 aliphatic carbocycles. The fraction of sp³-hybridized carbons (Fsp3) is 0.588. The highest BCUT2D eigenvalue weighted by molar-refractivity contribution is 5.30. The molecule has 19 heavy (non-hydrogen) atoms. The lowest BCUT2D eigenvalue weighted by molar-refractivity contribution is -0.0645. The lowest BCUT2D eigenvalue weighted by Crippen LogP contribution is -2.43. The standard InChI is InChI=1S/C17H23NO/c1-3-14-10-11-16(12-14,13-18)17(19,4-2)15-8-6-5-7-9-15/h5-9,14,19H,3-4,10-12H2,1-2H3. The Balaban J connectivity index is 2.43. The molecule has 1 aromatic rings. The molecule has 1 N–H and O–H groups in total. The van der Waals surface area contributed by atoms with Gasteiger partial charge >= 0.3 is 0 Å². The van der Waals surface area contributed by atoms with Crippen LogP contribution in [-0.4, -0.2) is 5.11 Å². The van der Waals surface area contributed by atoms with Gasteiger partial charge < -0.3 is 5.11 Å². The second-order valence-electron chi connectivity index (χ2n) is 5.79. The summed E-state index contributed by atoms with van der Waals surface area (Å²) in [5.74, 6) is 0.571. The van der Waals surface area contributed by atoms with E-state index in [2.05, 4.69) is 13.0 Å². The molecule has 1 aliphatic rings. The highest BCUT2D eigenvalue weighted by Gasteiger charge is 2.54. The van der Waals surface area contributed by atoms with Gasteiger partial charge in [-0.15, -0.1) is 0 Å². The van der Waals surface area contributed by atoms with Gasteiger partial charge in [-0.25, -0.2) is 0 Å². The van der Waals surface area contributed by atoms with Crippen LogP contribution in [0.5, 0.6) is 0 Å². The van der Waals surface area contributed by atoms with Gasteiger partial charge in [-0.2, -0.15) is 5.26 Å². The van der Waals surface area contributed by atoms with Crippen LogP contribution in [0.15, 0.2) is 30.3 Å². The largest absolute Gasteiger partial charge is 0.383 e. The summed E-state index contributed by atoms with van der Waals surface area (Å²) in [6.07, 6.45) is 4.36. The quantitative estimate of drug-likeness (QED) is 0.885. The molecule has 0 aromatic heterocycles. The minimum atomic E-state index is -1.02. The fourth-order valence-corrected chi connectivity index (χ4v) is 3.60. The van der Waals surface area contributed by atoms with Crippen LogP contribution in [0.1, 0.15) is 51.5 Å². The predicted molar refractivity (Wildman–Crippen MR) is 76.3 cm³/mol. The Morgan fingerprint density at radius 2 is 2.05 bits per heavy atom. The van der Waals surface area contributed by atoms with E-state index in [1.54, 1.807) is 0 Å². The van der Waals surface area contributed by atoms with E-state index in [9.17, 15) is 10.4 Å². The summed E-state index contributed by atoms with van der Waals surface area (Å²) in [5, 5.41) is 21.0. The molecule has 1 saturated carbocycles. The van der Waals surface area contributed by atoms with E-state index in [4.69, 9.17) is 0 Å². The van der Waals surface area contributed by atoms with Crippen LogP contribution in [0.2, 0.25) is 0 Å². The number of rotatable bonds is 4. The molecular formula is C17H23NO. The monoisotopic (exact) mass is 257 g/mol. The fourth-order valence-electron chi connectivity index (χ4n) is 3.60. The maximum Gasteiger partial charge on any atom is 0.108 e. The number of benzene rings is 1. The third-order valence-electron chi connectivity index (χ3n) is 4.96. The van der Waals surface area contributed by atoms with Crippen molar-refractivity contribution in [2.24, 2.45) is 11.3 Å². The average Bonchev–Trinajstić information content (AvgIpc) is 2.92. The van der Waals surface area contributed by atoms with Crippen molar-refractivity contribution in [3.05, 3.63) is 35.9 Å². The molecule has 102 valence electrons. The summed E-state index contributed by atoms with van der Waals surface area (Å²) in [6.45, 7) is 4.15. The third-order valence-corrected chi connectivity index (χ3v) is 4.96. The summed E-state index contributed by atoms with van der Waals surface area (Å²) in [6, 6.07) is 12.2. The van der Waals surface area contributed by atoms with Gasteiger partial charge in [0.1, 0.15) is 5.60 Å². The van der Waals surface area contributed by atoms with E-state index in [0.717, 1.165) is 31.2 Å². The number of nitriles is 1. The second kappa shape index (κ2) is 5.35. The average molecular weight is 257 g/mol. The Bertz CT molecular complexity index is 464. The van der Waals surface area contributed by atoms with Gasteiger partial charge in [0.05, 0.1) is 11.5 Å². The lowest BCUT2D eigenvalue weighted by atomic mass is 9.66. The van der Waals surface area contributed by atoms with Crippen LogP contribution >= 0.6 is 0 Å². The molecule has 1 aromatic carbocycles. The molecule has 0 spiro atoms. The van der Waals surface area contributed by atoms with Gasteiger partial charge in [-0.1, -0.05) is 50.6 Å². The molecule has 2 nitrogen and oxygen atoms in total. The molecule has 1 fully saturated rings. The third kappa shape index (κ3) is 2.17. The molecule has 2 heteroatoms. The summed E-state index contributed by atoms with van der Waals surface area (Å²) in [5.41, 5.74) is -0.757. The topological polar surface area (TPSA) is 44.0 Å². The highest BCUT2D eigenvalue weighted by Crippen LogP contribution is 2.55. The molecule has 0 amide bonds. The number of hydrogen-bond donors (Lipinski definition) is 1. The SMILES string of the molecule is CCC1CCC(C#N)(C(O)(CC)c2ccccc2)C1. The van der Waals surface area contributed by atoms with Crippen molar-refractivity contribution in [2.75, 3.05) is 0 Å². The zero-order chi connectivity index (χ0) is 13.9. The molecule has 0 bridgehead atoms. The van der Waals surface area contributed by atoms with Gasteiger partial charge in [0.15, 0.2) is 0 Å². The van der Waals surface area contributed by atoms with E-state index < -0.39 is 11.0 Å². The molecule has 3 unspecified atom stereocenters. The Morgan fingerprint density at radius 3 is 2.53 bits per heavy atom. The molecule has 0 aliphatic heterocycles. The van der Waals surface area contributed by atoms with Crippen LogP contribution in [-0.2, 0) is 5.60 Å². The normalized spacial score (nSPS) is 29.7. The van der Waals surface area contributed by atoms with Crippen LogP contribution in [0, 0.1) is 22.7 Å². The van der Waals surface area contributed by atoms with E-state index in [-0.39, 0.29) is 0 Å². The number of nitrogens with zero attached hydrogens (tertiary/aromatic N) is 1. The van der Waals surface area contributed by atoms with E-state index in [1.807, 2.05) is 37.3 Å². The zero-order valence-electron chi connectivity index (χ0n) is 11.9.